The molecule has 0 radical (unpaired) electrons. The predicted octanol–water partition coefficient (Wildman–Crippen LogP) is 4.31. The normalized spacial score (nSPS) is 15.2. The first kappa shape index (κ1) is 13.3. The maximum absolute atomic E-state index is 3.60. The molecule has 1 N–H and O–H groups in total. The molecule has 110 valence electrons. The van der Waals surface area contributed by atoms with Crippen molar-refractivity contribution in [2.45, 2.75) is 19.3 Å². The van der Waals surface area contributed by atoms with Crippen LogP contribution in [0.1, 0.15) is 19.3 Å². The van der Waals surface area contributed by atoms with Crippen LogP contribution in [0, 0.1) is 0 Å². The van der Waals surface area contributed by atoms with Crippen LogP contribution < -0.4 is 9.88 Å². The zero-order chi connectivity index (χ0) is 14.8. The molecule has 4 rings (SSSR count). The number of aromatic amines is 1. The molecule has 1 aliphatic rings. The van der Waals surface area contributed by atoms with E-state index in [0.29, 0.717) is 0 Å². The molecule has 0 bridgehead atoms. The van der Waals surface area contributed by atoms with Gasteiger partial charge in [-0.25, -0.2) is 4.98 Å². The second-order valence-corrected chi connectivity index (χ2v) is 6.03. The zero-order valence-electron chi connectivity index (χ0n) is 12.8. The van der Waals surface area contributed by atoms with Crippen molar-refractivity contribution in [3.05, 3.63) is 60.7 Å². The molecule has 0 atom stereocenters. The van der Waals surface area contributed by atoms with Gasteiger partial charge in [-0.2, -0.15) is 0 Å². The highest BCUT2D eigenvalue weighted by molar-refractivity contribution is 5.91. The van der Waals surface area contributed by atoms with Gasteiger partial charge in [0.15, 0.2) is 0 Å². The number of para-hydroxylation sites is 1. The Bertz CT molecular complexity index is 774. The third-order valence-corrected chi connectivity index (χ3v) is 4.53. The Labute approximate surface area is 131 Å². The molecule has 0 saturated carbocycles. The molecular formula is C20H21N2+. The molecule has 1 aliphatic heterocycles. The topological polar surface area (TPSA) is 17.4 Å². The molecule has 0 spiro atoms. The van der Waals surface area contributed by atoms with Crippen molar-refractivity contribution in [1.82, 2.24) is 0 Å². The third-order valence-electron chi connectivity index (χ3n) is 4.53. The van der Waals surface area contributed by atoms with Gasteiger partial charge in [-0.1, -0.05) is 30.3 Å². The number of hydrogen-bond acceptors (Lipinski definition) is 1. The second kappa shape index (κ2) is 5.80. The number of nitrogens with zero attached hydrogens (tertiary/aromatic N) is 1. The number of fused-ring (bicyclic) bond motifs is 1. The Morgan fingerprint density at radius 1 is 0.773 bits per heavy atom. The number of rotatable bonds is 2. The number of H-pyrrole nitrogens is 1. The number of nitrogens with one attached hydrogen (secondary N) is 1. The highest BCUT2D eigenvalue weighted by Gasteiger charge is 2.18. The average Bonchev–Trinajstić information content (AvgIpc) is 2.62. The third kappa shape index (κ3) is 2.45. The molecule has 3 aromatic rings. The number of hydrogen-bond donors (Lipinski definition) is 0. The average molecular weight is 289 g/mol. The van der Waals surface area contributed by atoms with Gasteiger partial charge in [-0.05, 0) is 37.5 Å². The lowest BCUT2D eigenvalue weighted by Gasteiger charge is -2.29. The zero-order valence-corrected chi connectivity index (χ0v) is 12.8. The SMILES string of the molecule is c1ccc(-c2cc(N3CCCCC3)c3ccccc3[nH+]2)cc1. The molecule has 2 heterocycles. The van der Waals surface area contributed by atoms with Crippen LogP contribution in [0.5, 0.6) is 0 Å². The quantitative estimate of drug-likeness (QED) is 0.687. The maximum Gasteiger partial charge on any atom is 0.213 e. The van der Waals surface area contributed by atoms with Crippen LogP contribution in [-0.4, -0.2) is 13.1 Å². The molecule has 1 aromatic heterocycles. The highest BCUT2D eigenvalue weighted by atomic mass is 15.1. The minimum Gasteiger partial charge on any atom is -0.371 e. The van der Waals surface area contributed by atoms with E-state index in [9.17, 15) is 0 Å². The Morgan fingerprint density at radius 3 is 2.32 bits per heavy atom. The summed E-state index contributed by atoms with van der Waals surface area (Å²) in [6, 6.07) is 21.6. The van der Waals surface area contributed by atoms with E-state index in [1.807, 2.05) is 0 Å². The summed E-state index contributed by atoms with van der Waals surface area (Å²) >= 11 is 0. The fourth-order valence-corrected chi connectivity index (χ4v) is 3.38. The van der Waals surface area contributed by atoms with Crippen molar-refractivity contribution in [3.8, 4) is 11.3 Å². The predicted molar refractivity (Wildman–Crippen MR) is 92.0 cm³/mol. The van der Waals surface area contributed by atoms with Crippen LogP contribution in [0.3, 0.4) is 0 Å². The Hall–Kier alpha value is -2.35. The standard InChI is InChI=1S/C20H20N2/c1-3-9-16(10-4-1)19-15-20(22-13-7-2-8-14-22)17-11-5-6-12-18(17)21-19/h1,3-6,9-12,15H,2,7-8,13-14H2/p+1. The number of pyridine rings is 1. The van der Waals surface area contributed by atoms with E-state index in [2.05, 4.69) is 70.5 Å². The molecule has 22 heavy (non-hydrogen) atoms. The first-order valence-electron chi connectivity index (χ1n) is 8.17. The summed E-state index contributed by atoms with van der Waals surface area (Å²) in [5.41, 5.74) is 5.02. The lowest BCUT2D eigenvalue weighted by atomic mass is 10.0. The van der Waals surface area contributed by atoms with E-state index >= 15 is 0 Å². The number of benzene rings is 2. The summed E-state index contributed by atoms with van der Waals surface area (Å²) < 4.78 is 0. The number of piperidine rings is 1. The molecule has 0 amide bonds. The highest BCUT2D eigenvalue weighted by Crippen LogP contribution is 2.30. The van der Waals surface area contributed by atoms with Gasteiger partial charge in [0.25, 0.3) is 0 Å². The minimum atomic E-state index is 1.17. The van der Waals surface area contributed by atoms with Crippen LogP contribution >= 0.6 is 0 Å². The minimum absolute atomic E-state index is 1.17. The lowest BCUT2D eigenvalue weighted by Crippen LogP contribution is -2.30. The summed E-state index contributed by atoms with van der Waals surface area (Å²) in [5, 5.41) is 1.32. The lowest BCUT2D eigenvalue weighted by molar-refractivity contribution is -0.330. The van der Waals surface area contributed by atoms with Crippen LogP contribution in [0.4, 0.5) is 5.69 Å². The molecule has 2 nitrogen and oxygen atoms in total. The molecule has 2 aromatic carbocycles. The van der Waals surface area contributed by atoms with Gasteiger partial charge in [0.2, 0.25) is 11.2 Å². The van der Waals surface area contributed by atoms with Gasteiger partial charge in [0.1, 0.15) is 0 Å². The Balaban J connectivity index is 1.89. The van der Waals surface area contributed by atoms with Gasteiger partial charge < -0.3 is 4.90 Å². The van der Waals surface area contributed by atoms with E-state index < -0.39 is 0 Å². The van der Waals surface area contributed by atoms with Gasteiger partial charge in [-0.15, -0.1) is 0 Å². The number of aromatic nitrogens is 1. The van der Waals surface area contributed by atoms with Crippen LogP contribution in [-0.2, 0) is 0 Å². The maximum atomic E-state index is 3.60. The Morgan fingerprint density at radius 2 is 1.50 bits per heavy atom. The first-order chi connectivity index (χ1) is 10.9. The van der Waals surface area contributed by atoms with Gasteiger partial charge >= 0.3 is 0 Å². The second-order valence-electron chi connectivity index (χ2n) is 6.03. The molecule has 0 aliphatic carbocycles. The summed E-state index contributed by atoms with van der Waals surface area (Å²) in [6.07, 6.45) is 3.96. The van der Waals surface area contributed by atoms with E-state index in [1.54, 1.807) is 0 Å². The first-order valence-corrected chi connectivity index (χ1v) is 8.17. The summed E-state index contributed by atoms with van der Waals surface area (Å²) in [4.78, 5) is 6.14. The number of anilines is 1. The van der Waals surface area contributed by atoms with Crippen molar-refractivity contribution >= 4 is 16.6 Å². The van der Waals surface area contributed by atoms with E-state index in [0.717, 1.165) is 0 Å². The molecular weight excluding hydrogens is 268 g/mol. The van der Waals surface area contributed by atoms with E-state index in [-0.39, 0.29) is 0 Å². The molecule has 1 saturated heterocycles. The largest absolute Gasteiger partial charge is 0.371 e. The Kier molecular flexibility index (Phi) is 3.51. The van der Waals surface area contributed by atoms with E-state index in [1.165, 1.54) is 60.2 Å². The van der Waals surface area contributed by atoms with Crippen molar-refractivity contribution in [3.63, 3.8) is 0 Å². The van der Waals surface area contributed by atoms with Crippen molar-refractivity contribution < 1.29 is 4.98 Å². The van der Waals surface area contributed by atoms with Gasteiger partial charge in [0.05, 0.1) is 11.1 Å². The van der Waals surface area contributed by atoms with Crippen molar-refractivity contribution in [1.29, 1.82) is 0 Å². The fourth-order valence-electron chi connectivity index (χ4n) is 3.38. The summed E-state index contributed by atoms with van der Waals surface area (Å²) in [6.45, 7) is 2.34. The van der Waals surface area contributed by atoms with Gasteiger partial charge in [0, 0.05) is 30.8 Å². The van der Waals surface area contributed by atoms with Crippen LogP contribution in [0.2, 0.25) is 0 Å². The van der Waals surface area contributed by atoms with Crippen LogP contribution in [0.15, 0.2) is 60.7 Å². The monoisotopic (exact) mass is 289 g/mol. The van der Waals surface area contributed by atoms with Gasteiger partial charge in [-0.3, -0.25) is 0 Å². The summed E-state index contributed by atoms with van der Waals surface area (Å²) in [7, 11) is 0. The fraction of sp³-hybridized carbons (Fsp3) is 0.250. The molecule has 1 fully saturated rings. The van der Waals surface area contributed by atoms with Crippen LogP contribution in [0.25, 0.3) is 22.2 Å². The summed E-state index contributed by atoms with van der Waals surface area (Å²) in [5.74, 6) is 0. The van der Waals surface area contributed by atoms with Crippen molar-refractivity contribution in [2.75, 3.05) is 18.0 Å². The molecule has 0 unspecified atom stereocenters. The van der Waals surface area contributed by atoms with E-state index in [4.69, 9.17) is 0 Å². The smallest absolute Gasteiger partial charge is 0.213 e. The molecule has 2 heteroatoms. The van der Waals surface area contributed by atoms with Crippen molar-refractivity contribution in [2.24, 2.45) is 0 Å².